The van der Waals surface area contributed by atoms with Crippen LogP contribution in [-0.4, -0.2) is 5.91 Å². The molecular formula is C15H11ClN2OS. The molecule has 0 atom stereocenters. The Bertz CT molecular complexity index is 695. The summed E-state index contributed by atoms with van der Waals surface area (Å²) in [7, 11) is 0. The molecule has 3 nitrogen and oxygen atoms in total. The molecular weight excluding hydrogens is 292 g/mol. The van der Waals surface area contributed by atoms with Crippen molar-refractivity contribution >= 4 is 40.6 Å². The molecule has 1 aromatic heterocycles. The number of halogens is 1. The Labute approximate surface area is 126 Å². The molecule has 0 radical (unpaired) electrons. The average Bonchev–Trinajstić information content (AvgIpc) is 2.84. The predicted octanol–water partition coefficient (Wildman–Crippen LogP) is 4.26. The van der Waals surface area contributed by atoms with Gasteiger partial charge in [-0.2, -0.15) is 5.26 Å². The van der Waals surface area contributed by atoms with E-state index in [1.165, 1.54) is 11.3 Å². The van der Waals surface area contributed by atoms with E-state index >= 15 is 0 Å². The lowest BCUT2D eigenvalue weighted by Crippen LogP contribution is -2.13. The number of hydrogen-bond donors (Lipinski definition) is 1. The van der Waals surface area contributed by atoms with E-state index in [0.29, 0.717) is 10.7 Å². The summed E-state index contributed by atoms with van der Waals surface area (Å²) in [6, 6.07) is 12.5. The monoisotopic (exact) mass is 302 g/mol. The molecule has 0 aliphatic rings. The van der Waals surface area contributed by atoms with E-state index in [0.717, 1.165) is 9.75 Å². The highest BCUT2D eigenvalue weighted by Gasteiger charge is 2.10. The minimum Gasteiger partial charge on any atom is -0.321 e. The van der Waals surface area contributed by atoms with Gasteiger partial charge in [0.05, 0.1) is 0 Å². The fourth-order valence-electron chi connectivity index (χ4n) is 1.55. The Kier molecular flexibility index (Phi) is 4.57. The molecule has 1 aromatic carbocycles. The SMILES string of the molecule is Cc1ccc(/C=C(/C#N)C(=O)Nc2ccc(Cl)cc2)s1. The number of anilines is 1. The van der Waals surface area contributed by atoms with Crippen LogP contribution in [-0.2, 0) is 4.79 Å². The second-order valence-electron chi connectivity index (χ2n) is 4.08. The maximum Gasteiger partial charge on any atom is 0.266 e. The van der Waals surface area contributed by atoms with Gasteiger partial charge in [-0.25, -0.2) is 0 Å². The summed E-state index contributed by atoms with van der Waals surface area (Å²) in [5.74, 6) is -0.430. The summed E-state index contributed by atoms with van der Waals surface area (Å²) < 4.78 is 0. The molecule has 1 N–H and O–H groups in total. The fourth-order valence-corrected chi connectivity index (χ4v) is 2.50. The van der Waals surface area contributed by atoms with Crippen LogP contribution in [0.3, 0.4) is 0 Å². The quantitative estimate of drug-likeness (QED) is 0.680. The lowest BCUT2D eigenvalue weighted by atomic mass is 10.2. The van der Waals surface area contributed by atoms with Crippen LogP contribution < -0.4 is 5.32 Å². The lowest BCUT2D eigenvalue weighted by Gasteiger charge is -2.03. The van der Waals surface area contributed by atoms with E-state index in [1.807, 2.05) is 25.1 Å². The van der Waals surface area contributed by atoms with E-state index in [1.54, 1.807) is 30.3 Å². The van der Waals surface area contributed by atoms with Crippen molar-refractivity contribution in [2.75, 3.05) is 5.32 Å². The first-order chi connectivity index (χ1) is 9.58. The topological polar surface area (TPSA) is 52.9 Å². The zero-order valence-electron chi connectivity index (χ0n) is 10.7. The van der Waals surface area contributed by atoms with Crippen molar-refractivity contribution in [2.24, 2.45) is 0 Å². The average molecular weight is 303 g/mol. The fraction of sp³-hybridized carbons (Fsp3) is 0.0667. The molecule has 100 valence electrons. The Morgan fingerprint density at radius 3 is 2.55 bits per heavy atom. The van der Waals surface area contributed by atoms with Crippen molar-refractivity contribution in [3.63, 3.8) is 0 Å². The number of amides is 1. The van der Waals surface area contributed by atoms with Gasteiger partial charge in [0.1, 0.15) is 11.6 Å². The van der Waals surface area contributed by atoms with Crippen molar-refractivity contribution in [1.82, 2.24) is 0 Å². The number of carbonyl (C=O) groups excluding carboxylic acids is 1. The summed E-state index contributed by atoms with van der Waals surface area (Å²) in [4.78, 5) is 14.0. The molecule has 1 heterocycles. The maximum atomic E-state index is 12.0. The van der Waals surface area contributed by atoms with Gasteiger partial charge >= 0.3 is 0 Å². The molecule has 0 saturated heterocycles. The molecule has 20 heavy (non-hydrogen) atoms. The van der Waals surface area contributed by atoms with Crippen LogP contribution in [0.2, 0.25) is 5.02 Å². The lowest BCUT2D eigenvalue weighted by molar-refractivity contribution is -0.112. The smallest absolute Gasteiger partial charge is 0.266 e. The first-order valence-electron chi connectivity index (χ1n) is 5.83. The van der Waals surface area contributed by atoms with Gasteiger partial charge in [0.15, 0.2) is 0 Å². The van der Waals surface area contributed by atoms with Gasteiger partial charge in [0.2, 0.25) is 0 Å². The number of nitrogens with zero attached hydrogens (tertiary/aromatic N) is 1. The maximum absolute atomic E-state index is 12.0. The van der Waals surface area contributed by atoms with Crippen LogP contribution in [0.25, 0.3) is 6.08 Å². The molecule has 0 fully saturated rings. The van der Waals surface area contributed by atoms with Gasteiger partial charge in [-0.15, -0.1) is 11.3 Å². The molecule has 0 aliphatic carbocycles. The molecule has 0 unspecified atom stereocenters. The standard InChI is InChI=1S/C15H11ClN2OS/c1-10-2-7-14(20-10)8-11(9-17)15(19)18-13-5-3-12(16)4-6-13/h2-8H,1H3,(H,18,19)/b11-8-. The summed E-state index contributed by atoms with van der Waals surface area (Å²) in [5.41, 5.74) is 0.671. The number of aryl methyl sites for hydroxylation is 1. The van der Waals surface area contributed by atoms with Crippen LogP contribution in [0, 0.1) is 18.3 Å². The largest absolute Gasteiger partial charge is 0.321 e. The van der Waals surface area contributed by atoms with Crippen molar-refractivity contribution in [3.8, 4) is 6.07 Å². The van der Waals surface area contributed by atoms with Gasteiger partial charge in [-0.3, -0.25) is 4.79 Å². The second-order valence-corrected chi connectivity index (χ2v) is 5.84. The Morgan fingerprint density at radius 1 is 1.30 bits per heavy atom. The third-order valence-corrected chi connectivity index (χ3v) is 3.71. The minimum absolute atomic E-state index is 0.0711. The number of carbonyl (C=O) groups is 1. The number of hydrogen-bond acceptors (Lipinski definition) is 3. The number of benzene rings is 1. The summed E-state index contributed by atoms with van der Waals surface area (Å²) in [6.07, 6.45) is 1.59. The van der Waals surface area contributed by atoms with Gasteiger partial charge in [0.25, 0.3) is 5.91 Å². The Morgan fingerprint density at radius 2 is 2.00 bits per heavy atom. The summed E-state index contributed by atoms with van der Waals surface area (Å²) >= 11 is 7.30. The van der Waals surface area contributed by atoms with E-state index < -0.39 is 5.91 Å². The van der Waals surface area contributed by atoms with E-state index in [9.17, 15) is 4.79 Å². The first-order valence-corrected chi connectivity index (χ1v) is 7.03. The highest BCUT2D eigenvalue weighted by atomic mass is 35.5. The molecule has 0 aliphatic heterocycles. The minimum atomic E-state index is -0.430. The Balaban J connectivity index is 2.16. The van der Waals surface area contributed by atoms with Gasteiger partial charge < -0.3 is 5.32 Å². The predicted molar refractivity (Wildman–Crippen MR) is 82.7 cm³/mol. The highest BCUT2D eigenvalue weighted by Crippen LogP contribution is 2.19. The van der Waals surface area contributed by atoms with E-state index in [-0.39, 0.29) is 5.57 Å². The van der Waals surface area contributed by atoms with Crippen molar-refractivity contribution in [3.05, 3.63) is 56.7 Å². The summed E-state index contributed by atoms with van der Waals surface area (Å²) in [6.45, 7) is 1.97. The molecule has 1 amide bonds. The molecule has 2 rings (SSSR count). The molecule has 2 aromatic rings. The van der Waals surface area contributed by atoms with Crippen LogP contribution in [0.1, 0.15) is 9.75 Å². The second kappa shape index (κ2) is 6.38. The van der Waals surface area contributed by atoms with Gasteiger partial charge in [-0.05, 0) is 49.4 Å². The van der Waals surface area contributed by atoms with E-state index in [4.69, 9.17) is 16.9 Å². The van der Waals surface area contributed by atoms with Crippen molar-refractivity contribution in [1.29, 1.82) is 5.26 Å². The van der Waals surface area contributed by atoms with Crippen LogP contribution >= 0.6 is 22.9 Å². The molecule has 5 heteroatoms. The molecule has 0 bridgehead atoms. The molecule has 0 spiro atoms. The number of thiophene rings is 1. The van der Waals surface area contributed by atoms with Crippen LogP contribution in [0.15, 0.2) is 42.0 Å². The van der Waals surface area contributed by atoms with Crippen molar-refractivity contribution < 1.29 is 4.79 Å². The van der Waals surface area contributed by atoms with Gasteiger partial charge in [-0.1, -0.05) is 11.6 Å². The van der Waals surface area contributed by atoms with Gasteiger partial charge in [0, 0.05) is 20.5 Å². The first kappa shape index (κ1) is 14.3. The van der Waals surface area contributed by atoms with Crippen LogP contribution in [0.4, 0.5) is 5.69 Å². The number of nitrogens with one attached hydrogen (secondary N) is 1. The third-order valence-electron chi connectivity index (χ3n) is 2.51. The summed E-state index contributed by atoms with van der Waals surface area (Å²) in [5, 5.41) is 12.3. The highest BCUT2D eigenvalue weighted by molar-refractivity contribution is 7.12. The molecule has 0 saturated carbocycles. The van der Waals surface area contributed by atoms with E-state index in [2.05, 4.69) is 5.32 Å². The number of nitriles is 1. The third kappa shape index (κ3) is 3.70. The number of rotatable bonds is 3. The zero-order valence-corrected chi connectivity index (χ0v) is 12.3. The van der Waals surface area contributed by atoms with Crippen LogP contribution in [0.5, 0.6) is 0 Å². The zero-order chi connectivity index (χ0) is 14.5. The Hall–Kier alpha value is -2.09. The van der Waals surface area contributed by atoms with Crippen molar-refractivity contribution in [2.45, 2.75) is 6.92 Å². The normalized spacial score (nSPS) is 10.9.